The minimum Gasteiger partial charge on any atom is -0.353 e. The average molecular weight is 380 g/mol. The lowest BCUT2D eigenvalue weighted by Crippen LogP contribution is -2.45. The molecular formula is C22H29N5O. The molecule has 1 amide bonds. The maximum atomic E-state index is 12.2. The van der Waals surface area contributed by atoms with Gasteiger partial charge in [-0.25, -0.2) is 9.97 Å². The molecule has 0 radical (unpaired) electrons. The predicted octanol–water partition coefficient (Wildman–Crippen LogP) is 3.40. The molecule has 1 aliphatic heterocycles. The number of carbonyl (C=O) groups is 1. The number of piperidine rings is 1. The summed E-state index contributed by atoms with van der Waals surface area (Å²) >= 11 is 0. The van der Waals surface area contributed by atoms with Gasteiger partial charge < -0.3 is 10.2 Å². The summed E-state index contributed by atoms with van der Waals surface area (Å²) in [4.78, 5) is 28.1. The fourth-order valence-electron chi connectivity index (χ4n) is 3.95. The molecule has 6 nitrogen and oxygen atoms in total. The van der Waals surface area contributed by atoms with Crippen molar-refractivity contribution in [3.8, 4) is 11.1 Å². The molecule has 0 unspecified atom stereocenters. The van der Waals surface area contributed by atoms with E-state index in [1.54, 1.807) is 12.4 Å². The first-order chi connectivity index (χ1) is 13.5. The van der Waals surface area contributed by atoms with Crippen LogP contribution in [0, 0.1) is 11.8 Å². The summed E-state index contributed by atoms with van der Waals surface area (Å²) < 4.78 is 0. The summed E-state index contributed by atoms with van der Waals surface area (Å²) in [6.07, 6.45) is 8.47. The van der Waals surface area contributed by atoms with Crippen molar-refractivity contribution in [2.45, 2.75) is 52.0 Å². The van der Waals surface area contributed by atoms with Crippen molar-refractivity contribution in [2.24, 2.45) is 11.8 Å². The van der Waals surface area contributed by atoms with Crippen molar-refractivity contribution in [3.05, 3.63) is 36.4 Å². The highest BCUT2D eigenvalue weighted by Gasteiger charge is 2.40. The van der Waals surface area contributed by atoms with E-state index in [0.717, 1.165) is 55.1 Å². The van der Waals surface area contributed by atoms with Crippen molar-refractivity contribution < 1.29 is 4.79 Å². The van der Waals surface area contributed by atoms with E-state index >= 15 is 0 Å². The Morgan fingerprint density at radius 2 is 1.89 bits per heavy atom. The van der Waals surface area contributed by atoms with Crippen LogP contribution in [0.25, 0.3) is 11.1 Å². The molecule has 3 heterocycles. The summed E-state index contributed by atoms with van der Waals surface area (Å²) in [5.74, 6) is 2.15. The van der Waals surface area contributed by atoms with Crippen LogP contribution >= 0.6 is 0 Å². The molecule has 2 aliphatic rings. The summed E-state index contributed by atoms with van der Waals surface area (Å²) in [6.45, 7) is 8.22. The minimum absolute atomic E-state index is 0.242. The van der Waals surface area contributed by atoms with Crippen LogP contribution in [0.5, 0.6) is 0 Å². The summed E-state index contributed by atoms with van der Waals surface area (Å²) in [6, 6.07) is 4.27. The highest BCUT2D eigenvalue weighted by atomic mass is 16.2. The SMILES string of the molecule is CC(C)c1nc(N2CCC(NC(=O)[C@H]3C[C@@H]3C)CC2)ncc1-c1ccncc1. The number of nitrogens with zero attached hydrogens (tertiary/aromatic N) is 4. The standard InChI is InChI=1S/C22H29N5O/c1-14(2)20-19(16-4-8-23-9-5-16)13-24-22(26-20)27-10-6-17(7-11-27)25-21(28)18-12-15(18)3/h4-5,8-9,13-15,17-18H,6-7,10-12H2,1-3H3,(H,25,28)/t15-,18-/m0/s1. The van der Waals surface area contributed by atoms with Gasteiger partial charge in [0.1, 0.15) is 0 Å². The van der Waals surface area contributed by atoms with Crippen LogP contribution in [0.1, 0.15) is 51.6 Å². The lowest BCUT2D eigenvalue weighted by molar-refractivity contribution is -0.123. The van der Waals surface area contributed by atoms with Crippen LogP contribution in [0.15, 0.2) is 30.7 Å². The Labute approximate surface area is 166 Å². The molecule has 2 atom stereocenters. The summed E-state index contributed by atoms with van der Waals surface area (Å²) in [5, 5.41) is 3.23. The van der Waals surface area contributed by atoms with Gasteiger partial charge >= 0.3 is 0 Å². The van der Waals surface area contributed by atoms with E-state index < -0.39 is 0 Å². The molecule has 2 fully saturated rings. The summed E-state index contributed by atoms with van der Waals surface area (Å²) in [7, 11) is 0. The zero-order chi connectivity index (χ0) is 19.7. The number of hydrogen-bond acceptors (Lipinski definition) is 5. The first kappa shape index (κ1) is 18.8. The van der Waals surface area contributed by atoms with E-state index in [-0.39, 0.29) is 17.9 Å². The highest BCUT2D eigenvalue weighted by molar-refractivity contribution is 5.81. The Balaban J connectivity index is 1.43. The van der Waals surface area contributed by atoms with Crippen LogP contribution in [-0.4, -0.2) is 40.0 Å². The van der Waals surface area contributed by atoms with Gasteiger partial charge in [-0.3, -0.25) is 9.78 Å². The van der Waals surface area contributed by atoms with E-state index in [1.165, 1.54) is 0 Å². The number of anilines is 1. The minimum atomic E-state index is 0.242. The zero-order valence-electron chi connectivity index (χ0n) is 16.9. The molecule has 4 rings (SSSR count). The smallest absolute Gasteiger partial charge is 0.225 e. The van der Waals surface area contributed by atoms with Gasteiger partial charge in [-0.05, 0) is 48.8 Å². The van der Waals surface area contributed by atoms with E-state index in [9.17, 15) is 4.79 Å². The second-order valence-corrected chi connectivity index (χ2v) is 8.45. The van der Waals surface area contributed by atoms with Gasteiger partial charge in [-0.15, -0.1) is 0 Å². The van der Waals surface area contributed by atoms with Crippen molar-refractivity contribution in [1.29, 1.82) is 0 Å². The Kier molecular flexibility index (Phi) is 5.29. The van der Waals surface area contributed by atoms with E-state index in [4.69, 9.17) is 4.98 Å². The van der Waals surface area contributed by atoms with Crippen LogP contribution in [0.3, 0.4) is 0 Å². The number of pyridine rings is 1. The topological polar surface area (TPSA) is 71.0 Å². The second-order valence-electron chi connectivity index (χ2n) is 8.45. The van der Waals surface area contributed by atoms with E-state index in [2.05, 4.69) is 41.0 Å². The van der Waals surface area contributed by atoms with Crippen LogP contribution in [0.4, 0.5) is 5.95 Å². The van der Waals surface area contributed by atoms with E-state index in [0.29, 0.717) is 11.8 Å². The number of carbonyl (C=O) groups excluding carboxylic acids is 1. The van der Waals surface area contributed by atoms with E-state index in [1.807, 2.05) is 18.3 Å². The van der Waals surface area contributed by atoms with Crippen molar-refractivity contribution >= 4 is 11.9 Å². The maximum absolute atomic E-state index is 12.2. The quantitative estimate of drug-likeness (QED) is 0.862. The van der Waals surface area contributed by atoms with Gasteiger partial charge in [0.05, 0.1) is 5.69 Å². The normalized spacial score (nSPS) is 22.4. The number of aromatic nitrogens is 3. The molecule has 1 saturated heterocycles. The van der Waals surface area contributed by atoms with Crippen molar-refractivity contribution in [1.82, 2.24) is 20.3 Å². The fraction of sp³-hybridized carbons (Fsp3) is 0.545. The molecule has 0 bridgehead atoms. The van der Waals surface area contributed by atoms with Gasteiger partial charge in [-0.1, -0.05) is 20.8 Å². The molecule has 1 N–H and O–H groups in total. The van der Waals surface area contributed by atoms with Crippen molar-refractivity contribution in [3.63, 3.8) is 0 Å². The third-order valence-corrected chi connectivity index (χ3v) is 5.91. The Morgan fingerprint density at radius 3 is 2.50 bits per heavy atom. The molecule has 2 aromatic rings. The van der Waals surface area contributed by atoms with Crippen LogP contribution in [0.2, 0.25) is 0 Å². The fourth-order valence-corrected chi connectivity index (χ4v) is 3.95. The molecule has 6 heteroatoms. The lowest BCUT2D eigenvalue weighted by atomic mass is 10.00. The van der Waals surface area contributed by atoms with Crippen LogP contribution < -0.4 is 10.2 Å². The average Bonchev–Trinajstić information content (AvgIpc) is 3.45. The number of amides is 1. The largest absolute Gasteiger partial charge is 0.353 e. The lowest BCUT2D eigenvalue weighted by Gasteiger charge is -2.33. The first-order valence-electron chi connectivity index (χ1n) is 10.4. The predicted molar refractivity (Wildman–Crippen MR) is 110 cm³/mol. The van der Waals surface area contributed by atoms with Gasteiger partial charge in [0.15, 0.2) is 0 Å². The summed E-state index contributed by atoms with van der Waals surface area (Å²) in [5.41, 5.74) is 3.23. The highest BCUT2D eigenvalue weighted by Crippen LogP contribution is 2.38. The van der Waals surface area contributed by atoms with Crippen molar-refractivity contribution in [2.75, 3.05) is 18.0 Å². The molecule has 148 valence electrons. The molecular weight excluding hydrogens is 350 g/mol. The molecule has 0 spiro atoms. The molecule has 0 aromatic carbocycles. The zero-order valence-corrected chi connectivity index (χ0v) is 16.9. The van der Waals surface area contributed by atoms with Crippen LogP contribution in [-0.2, 0) is 4.79 Å². The Morgan fingerprint density at radius 1 is 1.21 bits per heavy atom. The first-order valence-corrected chi connectivity index (χ1v) is 10.4. The number of rotatable bonds is 5. The second kappa shape index (κ2) is 7.86. The van der Waals surface area contributed by atoms with Gasteiger partial charge in [0.25, 0.3) is 0 Å². The maximum Gasteiger partial charge on any atom is 0.225 e. The molecule has 1 saturated carbocycles. The number of hydrogen-bond donors (Lipinski definition) is 1. The monoisotopic (exact) mass is 379 g/mol. The van der Waals surface area contributed by atoms with Gasteiger partial charge in [-0.2, -0.15) is 0 Å². The molecule has 2 aromatic heterocycles. The Bertz CT molecular complexity index is 830. The Hall–Kier alpha value is -2.50. The van der Waals surface area contributed by atoms with Gasteiger partial charge in [0.2, 0.25) is 11.9 Å². The number of nitrogens with one attached hydrogen (secondary N) is 1. The molecule has 1 aliphatic carbocycles. The van der Waals surface area contributed by atoms with Gasteiger partial charge in [0, 0.05) is 49.2 Å². The molecule has 28 heavy (non-hydrogen) atoms. The third kappa shape index (κ3) is 4.01. The third-order valence-electron chi connectivity index (χ3n) is 5.91.